The fourth-order valence-corrected chi connectivity index (χ4v) is 5.31. The maximum atomic E-state index is 12.4. The molecule has 3 aromatic rings. The minimum Gasteiger partial charge on any atom is -0.399 e. The normalized spacial score (nSPS) is 17.7. The summed E-state index contributed by atoms with van der Waals surface area (Å²) in [6.45, 7) is 2.29. The predicted molar refractivity (Wildman–Crippen MR) is 148 cm³/mol. The van der Waals surface area contributed by atoms with Gasteiger partial charge in [0, 0.05) is 17.1 Å². The fraction of sp³-hybridized carbons (Fsp3) is 0.387. The van der Waals surface area contributed by atoms with Crippen LogP contribution in [0, 0.1) is 5.92 Å². The molecule has 1 saturated carbocycles. The molecule has 0 spiro atoms. The Kier molecular flexibility index (Phi) is 8.46. The number of benzene rings is 3. The Morgan fingerprint density at radius 2 is 1.51 bits per heavy atom. The SMILES string of the molecule is CCCCCC1CCC(c2ccc(-c3ccc(NC(=O)Cc4ccc(N)cc4N)cc3)cc2)CC1. The van der Waals surface area contributed by atoms with Crippen molar-refractivity contribution in [2.75, 3.05) is 16.8 Å². The number of nitrogens with two attached hydrogens (primary N) is 2. The van der Waals surface area contributed by atoms with Gasteiger partial charge in [0.25, 0.3) is 0 Å². The second kappa shape index (κ2) is 11.9. The molecule has 1 aliphatic carbocycles. The molecule has 0 saturated heterocycles. The monoisotopic (exact) mass is 469 g/mol. The van der Waals surface area contributed by atoms with Crippen molar-refractivity contribution >= 4 is 23.0 Å². The third-order valence-corrected chi connectivity index (χ3v) is 7.47. The summed E-state index contributed by atoms with van der Waals surface area (Å²) in [7, 11) is 0. The van der Waals surface area contributed by atoms with Crippen molar-refractivity contribution in [3.8, 4) is 11.1 Å². The van der Waals surface area contributed by atoms with Crippen LogP contribution in [0.3, 0.4) is 0 Å². The highest BCUT2D eigenvalue weighted by Crippen LogP contribution is 2.38. The molecule has 184 valence electrons. The minimum atomic E-state index is -0.0985. The van der Waals surface area contributed by atoms with Gasteiger partial charge in [0.2, 0.25) is 5.91 Å². The molecule has 0 unspecified atom stereocenters. The first kappa shape index (κ1) is 24.8. The lowest BCUT2D eigenvalue weighted by atomic mass is 9.77. The Balaban J connectivity index is 1.29. The van der Waals surface area contributed by atoms with Gasteiger partial charge >= 0.3 is 0 Å². The van der Waals surface area contributed by atoms with E-state index in [0.717, 1.165) is 22.7 Å². The quantitative estimate of drug-likeness (QED) is 0.223. The van der Waals surface area contributed by atoms with Crippen LogP contribution in [0.25, 0.3) is 11.1 Å². The number of nitrogens with one attached hydrogen (secondary N) is 1. The van der Waals surface area contributed by atoms with Crippen LogP contribution in [0.1, 0.15) is 75.3 Å². The average molecular weight is 470 g/mol. The highest BCUT2D eigenvalue weighted by atomic mass is 16.1. The van der Waals surface area contributed by atoms with Crippen molar-refractivity contribution in [3.63, 3.8) is 0 Å². The number of carbonyl (C=O) groups is 1. The van der Waals surface area contributed by atoms with E-state index in [2.05, 4.69) is 48.6 Å². The summed E-state index contributed by atoms with van der Waals surface area (Å²) >= 11 is 0. The topological polar surface area (TPSA) is 81.1 Å². The summed E-state index contributed by atoms with van der Waals surface area (Å²) in [6.07, 6.45) is 11.2. The predicted octanol–water partition coefficient (Wildman–Crippen LogP) is 7.55. The molecule has 3 aromatic carbocycles. The lowest BCUT2D eigenvalue weighted by Crippen LogP contribution is -2.15. The van der Waals surface area contributed by atoms with Crippen LogP contribution in [-0.2, 0) is 11.2 Å². The van der Waals surface area contributed by atoms with E-state index in [9.17, 15) is 4.79 Å². The van der Waals surface area contributed by atoms with Gasteiger partial charge in [-0.1, -0.05) is 75.1 Å². The van der Waals surface area contributed by atoms with Crippen LogP contribution in [0.4, 0.5) is 17.1 Å². The van der Waals surface area contributed by atoms with Gasteiger partial charge < -0.3 is 16.8 Å². The largest absolute Gasteiger partial charge is 0.399 e. The van der Waals surface area contributed by atoms with Crippen LogP contribution in [0.2, 0.25) is 0 Å². The molecule has 0 radical (unpaired) electrons. The first-order valence-corrected chi connectivity index (χ1v) is 13.2. The second-order valence-corrected chi connectivity index (χ2v) is 10.1. The fourth-order valence-electron chi connectivity index (χ4n) is 5.31. The summed E-state index contributed by atoms with van der Waals surface area (Å²) < 4.78 is 0. The Morgan fingerprint density at radius 3 is 2.14 bits per heavy atom. The molecular weight excluding hydrogens is 430 g/mol. The highest BCUT2D eigenvalue weighted by molar-refractivity contribution is 5.93. The number of hydrogen-bond donors (Lipinski definition) is 3. The van der Waals surface area contributed by atoms with Gasteiger partial charge in [0.1, 0.15) is 0 Å². The molecule has 4 nitrogen and oxygen atoms in total. The smallest absolute Gasteiger partial charge is 0.228 e. The maximum absolute atomic E-state index is 12.4. The summed E-state index contributed by atoms with van der Waals surface area (Å²) in [6, 6.07) is 22.4. The Morgan fingerprint density at radius 1 is 0.857 bits per heavy atom. The number of rotatable bonds is 9. The molecule has 0 atom stereocenters. The van der Waals surface area contributed by atoms with Crippen LogP contribution >= 0.6 is 0 Å². The molecule has 1 aliphatic rings. The second-order valence-electron chi connectivity index (χ2n) is 10.1. The molecule has 1 fully saturated rings. The van der Waals surface area contributed by atoms with E-state index in [0.29, 0.717) is 17.3 Å². The van der Waals surface area contributed by atoms with Crippen molar-refractivity contribution in [1.29, 1.82) is 0 Å². The van der Waals surface area contributed by atoms with E-state index in [1.54, 1.807) is 18.2 Å². The third-order valence-electron chi connectivity index (χ3n) is 7.47. The molecule has 0 heterocycles. The van der Waals surface area contributed by atoms with E-state index in [1.165, 1.54) is 62.5 Å². The van der Waals surface area contributed by atoms with E-state index in [4.69, 9.17) is 11.5 Å². The molecule has 4 heteroatoms. The van der Waals surface area contributed by atoms with Crippen molar-refractivity contribution in [3.05, 3.63) is 77.9 Å². The molecule has 0 aliphatic heterocycles. The lowest BCUT2D eigenvalue weighted by Gasteiger charge is -2.29. The van der Waals surface area contributed by atoms with Gasteiger partial charge in [-0.25, -0.2) is 0 Å². The zero-order valence-corrected chi connectivity index (χ0v) is 20.9. The third kappa shape index (κ3) is 6.88. The number of unbranched alkanes of at least 4 members (excludes halogenated alkanes) is 2. The number of nitrogen functional groups attached to an aromatic ring is 2. The molecule has 1 amide bonds. The zero-order chi connectivity index (χ0) is 24.6. The van der Waals surface area contributed by atoms with Crippen LogP contribution in [-0.4, -0.2) is 5.91 Å². The number of carbonyl (C=O) groups excluding carboxylic acids is 1. The van der Waals surface area contributed by atoms with Gasteiger partial charge in [-0.2, -0.15) is 0 Å². The Labute approximate surface area is 210 Å². The molecule has 5 N–H and O–H groups in total. The van der Waals surface area contributed by atoms with Crippen LogP contribution in [0.5, 0.6) is 0 Å². The van der Waals surface area contributed by atoms with Gasteiger partial charge in [0.05, 0.1) is 6.42 Å². The van der Waals surface area contributed by atoms with Crippen LogP contribution < -0.4 is 16.8 Å². The first-order valence-electron chi connectivity index (χ1n) is 13.2. The standard InChI is InChI=1S/C31H39N3O/c1-2-3-4-5-22-6-8-23(9-7-22)24-10-12-25(13-11-24)26-15-18-29(19-16-26)34-31(35)20-27-14-17-28(32)21-30(27)33/h10-19,21-23H,2-9,20,32-33H2,1H3,(H,34,35). The van der Waals surface area contributed by atoms with E-state index in [-0.39, 0.29) is 12.3 Å². The van der Waals surface area contributed by atoms with Crippen molar-refractivity contribution in [2.24, 2.45) is 5.92 Å². The molecule has 4 rings (SSSR count). The van der Waals surface area contributed by atoms with Crippen molar-refractivity contribution in [1.82, 2.24) is 0 Å². The van der Waals surface area contributed by atoms with Gasteiger partial charge in [-0.05, 0) is 84.0 Å². The van der Waals surface area contributed by atoms with Gasteiger partial charge in [-0.15, -0.1) is 0 Å². The molecule has 0 aromatic heterocycles. The summed E-state index contributed by atoms with van der Waals surface area (Å²) in [5.41, 5.74) is 18.2. The maximum Gasteiger partial charge on any atom is 0.228 e. The lowest BCUT2D eigenvalue weighted by molar-refractivity contribution is -0.115. The number of amides is 1. The van der Waals surface area contributed by atoms with E-state index >= 15 is 0 Å². The molecule has 35 heavy (non-hydrogen) atoms. The summed E-state index contributed by atoms with van der Waals surface area (Å²) in [5.74, 6) is 1.55. The summed E-state index contributed by atoms with van der Waals surface area (Å²) in [4.78, 5) is 12.4. The zero-order valence-electron chi connectivity index (χ0n) is 20.9. The Hall–Kier alpha value is -3.27. The van der Waals surface area contributed by atoms with Gasteiger partial charge in [0.15, 0.2) is 0 Å². The van der Waals surface area contributed by atoms with E-state index in [1.807, 2.05) is 12.1 Å². The molecular formula is C31H39N3O. The average Bonchev–Trinajstić information content (AvgIpc) is 2.87. The van der Waals surface area contributed by atoms with Crippen molar-refractivity contribution in [2.45, 2.75) is 70.6 Å². The Bertz CT molecular complexity index is 1100. The minimum absolute atomic E-state index is 0.0985. The summed E-state index contributed by atoms with van der Waals surface area (Å²) in [5, 5.41) is 2.96. The highest BCUT2D eigenvalue weighted by Gasteiger charge is 2.22. The van der Waals surface area contributed by atoms with Crippen LogP contribution in [0.15, 0.2) is 66.7 Å². The number of hydrogen-bond acceptors (Lipinski definition) is 3. The number of anilines is 3. The molecule has 0 bridgehead atoms. The van der Waals surface area contributed by atoms with Gasteiger partial charge in [-0.3, -0.25) is 4.79 Å². The van der Waals surface area contributed by atoms with E-state index < -0.39 is 0 Å². The first-order chi connectivity index (χ1) is 17.0. The van der Waals surface area contributed by atoms with Crippen molar-refractivity contribution < 1.29 is 4.79 Å².